The van der Waals surface area contributed by atoms with Gasteiger partial charge < -0.3 is 9.64 Å². The number of hydrogen-bond donors (Lipinski definition) is 0. The highest BCUT2D eigenvalue weighted by molar-refractivity contribution is 5.94. The molecule has 0 spiro atoms. The monoisotopic (exact) mass is 657 g/mol. The second kappa shape index (κ2) is 17.0. The minimum absolute atomic E-state index is 0.277. The lowest BCUT2D eigenvalue weighted by Gasteiger charge is -2.34. The first-order valence-electron chi connectivity index (χ1n) is 18.2. The third-order valence-electron chi connectivity index (χ3n) is 9.13. The Morgan fingerprint density at radius 1 is 0.700 bits per heavy atom. The van der Waals surface area contributed by atoms with Crippen molar-refractivity contribution in [3.05, 3.63) is 196 Å². The fourth-order valence-electron chi connectivity index (χ4n) is 6.66. The quantitative estimate of drug-likeness (QED) is 0.183. The zero-order chi connectivity index (χ0) is 35.5. The van der Waals surface area contributed by atoms with Crippen LogP contribution in [0, 0.1) is 6.92 Å². The van der Waals surface area contributed by atoms with Gasteiger partial charge >= 0.3 is 0 Å². The van der Waals surface area contributed by atoms with Crippen molar-refractivity contribution < 1.29 is 4.74 Å². The molecule has 4 aromatic rings. The van der Waals surface area contributed by atoms with Gasteiger partial charge in [0.25, 0.3) is 0 Å². The number of anilines is 1. The Balaban J connectivity index is 0.00000117. The highest BCUT2D eigenvalue weighted by atomic mass is 16.5. The number of fused-ring (bicyclic) bond motifs is 3. The molecule has 2 aliphatic carbocycles. The van der Waals surface area contributed by atoms with Crippen LogP contribution < -0.4 is 4.90 Å². The molecule has 2 nitrogen and oxygen atoms in total. The smallest absolute Gasteiger partial charge is 0.138 e. The third kappa shape index (κ3) is 7.68. The van der Waals surface area contributed by atoms with E-state index in [0.717, 1.165) is 51.9 Å². The first kappa shape index (κ1) is 36.1. The van der Waals surface area contributed by atoms with E-state index in [1.165, 1.54) is 22.4 Å². The van der Waals surface area contributed by atoms with Crippen molar-refractivity contribution in [2.75, 3.05) is 18.5 Å². The Morgan fingerprint density at radius 3 is 2.06 bits per heavy atom. The lowest BCUT2D eigenvalue weighted by atomic mass is 9.84. The molecular formula is C48H51NO. The van der Waals surface area contributed by atoms with Crippen molar-refractivity contribution >= 4 is 22.4 Å². The Labute approximate surface area is 300 Å². The molecule has 2 unspecified atom stereocenters. The van der Waals surface area contributed by atoms with E-state index in [1.54, 1.807) is 0 Å². The largest absolute Gasteiger partial charge is 0.375 e. The fraction of sp³-hybridized carbons (Fsp3) is 0.229. The molecule has 0 radical (unpaired) electrons. The van der Waals surface area contributed by atoms with E-state index < -0.39 is 5.60 Å². The second-order valence-electron chi connectivity index (χ2n) is 12.3. The van der Waals surface area contributed by atoms with Gasteiger partial charge in [-0.15, -0.1) is 5.73 Å². The number of benzene rings is 4. The average molecular weight is 658 g/mol. The molecule has 3 aliphatic rings. The average Bonchev–Trinajstić information content (AvgIpc) is 3.61. The van der Waals surface area contributed by atoms with E-state index in [4.69, 9.17) is 4.74 Å². The SMILES string of the molecule is CC.CC.CCCN(C)c1ccc(C2(c3ccccc3)C=CC3=CC(C=C(C4=CC=C=C(c5ccc(C)cc5)C=C4)c4ccccc43)O2)cc1. The number of hydrogen-bond acceptors (Lipinski definition) is 2. The second-order valence-corrected chi connectivity index (χ2v) is 12.3. The van der Waals surface area contributed by atoms with Crippen molar-refractivity contribution in [2.24, 2.45) is 0 Å². The van der Waals surface area contributed by atoms with Crippen LogP contribution in [0.25, 0.3) is 16.7 Å². The van der Waals surface area contributed by atoms with Crippen molar-refractivity contribution in [3.8, 4) is 0 Å². The summed E-state index contributed by atoms with van der Waals surface area (Å²) < 4.78 is 7.32. The summed E-state index contributed by atoms with van der Waals surface area (Å²) in [6.45, 7) is 13.3. The Morgan fingerprint density at radius 2 is 1.36 bits per heavy atom. The van der Waals surface area contributed by atoms with Gasteiger partial charge in [0.1, 0.15) is 5.60 Å². The predicted octanol–water partition coefficient (Wildman–Crippen LogP) is 12.3. The maximum atomic E-state index is 7.32. The molecule has 50 heavy (non-hydrogen) atoms. The summed E-state index contributed by atoms with van der Waals surface area (Å²) in [5.41, 5.74) is 15.5. The normalized spacial score (nSPS) is 18.6. The molecular weight excluding hydrogens is 607 g/mol. The van der Waals surface area contributed by atoms with Crippen molar-refractivity contribution in [1.82, 2.24) is 0 Å². The molecule has 2 bridgehead atoms. The van der Waals surface area contributed by atoms with Crippen LogP contribution in [0.3, 0.4) is 0 Å². The molecule has 2 atom stereocenters. The van der Waals surface area contributed by atoms with E-state index >= 15 is 0 Å². The van der Waals surface area contributed by atoms with Gasteiger partial charge in [0.15, 0.2) is 0 Å². The van der Waals surface area contributed by atoms with Crippen LogP contribution in [0.2, 0.25) is 0 Å². The van der Waals surface area contributed by atoms with Crippen molar-refractivity contribution in [3.63, 3.8) is 0 Å². The van der Waals surface area contributed by atoms with Gasteiger partial charge in [0, 0.05) is 24.9 Å². The van der Waals surface area contributed by atoms with Crippen LogP contribution in [-0.2, 0) is 10.3 Å². The summed E-state index contributed by atoms with van der Waals surface area (Å²) in [4.78, 5) is 2.30. The van der Waals surface area contributed by atoms with Crippen LogP contribution in [0.4, 0.5) is 5.69 Å². The highest BCUT2D eigenvalue weighted by Crippen LogP contribution is 2.44. The van der Waals surface area contributed by atoms with E-state index in [9.17, 15) is 0 Å². The molecule has 0 aromatic heterocycles. The van der Waals surface area contributed by atoms with Gasteiger partial charge in [0.2, 0.25) is 0 Å². The zero-order valence-electron chi connectivity index (χ0n) is 30.8. The lowest BCUT2D eigenvalue weighted by molar-refractivity contribution is 0.00428. The molecule has 1 aliphatic heterocycles. The van der Waals surface area contributed by atoms with Crippen LogP contribution in [-0.4, -0.2) is 19.7 Å². The van der Waals surface area contributed by atoms with E-state index in [1.807, 2.05) is 33.8 Å². The maximum absolute atomic E-state index is 7.32. The van der Waals surface area contributed by atoms with Crippen LogP contribution in [0.1, 0.15) is 74.4 Å². The molecule has 254 valence electrons. The van der Waals surface area contributed by atoms with Crippen LogP contribution >= 0.6 is 0 Å². The molecule has 4 aromatic carbocycles. The maximum Gasteiger partial charge on any atom is 0.138 e. The van der Waals surface area contributed by atoms with Crippen LogP contribution in [0.5, 0.6) is 0 Å². The summed E-state index contributed by atoms with van der Waals surface area (Å²) in [6.07, 6.45) is 18.5. The standard InChI is InChI=1S/C44H39NO.2C2H6/c1-4-29-45(3)39-25-23-38(24-26-39)44(37-13-6-5-7-14-37)28-27-36-30-40(46-44)31-43(42-16-9-8-15-41(36)42)35-12-10-11-33(21-22-35)34-19-17-32(2)18-20-34;2*1-2/h5-10,12-28,30-31,40H,4,29H2,1-3H3;2*1-2H3. The first-order valence-corrected chi connectivity index (χ1v) is 18.2. The molecule has 0 saturated carbocycles. The molecule has 0 N–H and O–H groups in total. The van der Waals surface area contributed by atoms with Crippen molar-refractivity contribution in [2.45, 2.75) is 59.7 Å². The molecule has 1 heterocycles. The highest BCUT2D eigenvalue weighted by Gasteiger charge is 2.37. The molecule has 7 rings (SSSR count). The summed E-state index contributed by atoms with van der Waals surface area (Å²) in [5, 5.41) is 0. The summed E-state index contributed by atoms with van der Waals surface area (Å²) in [6, 6.07) is 36.8. The van der Waals surface area contributed by atoms with Gasteiger partial charge in [-0.2, -0.15) is 0 Å². The van der Waals surface area contributed by atoms with E-state index in [-0.39, 0.29) is 6.10 Å². The summed E-state index contributed by atoms with van der Waals surface area (Å²) in [7, 11) is 2.15. The number of rotatable bonds is 7. The minimum atomic E-state index is -0.770. The van der Waals surface area contributed by atoms with Gasteiger partial charge in [-0.3, -0.25) is 0 Å². The lowest BCUT2D eigenvalue weighted by Crippen LogP contribution is -2.32. The van der Waals surface area contributed by atoms with Gasteiger partial charge in [-0.25, -0.2) is 0 Å². The first-order chi connectivity index (χ1) is 24.5. The number of ether oxygens (including phenoxy) is 1. The third-order valence-corrected chi connectivity index (χ3v) is 9.13. The van der Waals surface area contributed by atoms with Gasteiger partial charge in [0.05, 0.1) is 6.10 Å². The summed E-state index contributed by atoms with van der Waals surface area (Å²) >= 11 is 0. The zero-order valence-corrected chi connectivity index (χ0v) is 30.8. The Bertz CT molecular complexity index is 1960. The van der Waals surface area contributed by atoms with Gasteiger partial charge in [-0.1, -0.05) is 143 Å². The van der Waals surface area contributed by atoms with Crippen LogP contribution in [0.15, 0.2) is 163 Å². The van der Waals surface area contributed by atoms with Gasteiger partial charge in [-0.05, 0) is 106 Å². The van der Waals surface area contributed by atoms with E-state index in [0.29, 0.717) is 0 Å². The Kier molecular flexibility index (Phi) is 12.3. The topological polar surface area (TPSA) is 12.5 Å². The Hall–Kier alpha value is -5.14. The van der Waals surface area contributed by atoms with Crippen molar-refractivity contribution in [1.29, 1.82) is 0 Å². The predicted molar refractivity (Wildman–Crippen MR) is 216 cm³/mol. The fourth-order valence-corrected chi connectivity index (χ4v) is 6.66. The van der Waals surface area contributed by atoms with E-state index in [2.05, 4.69) is 177 Å². The minimum Gasteiger partial charge on any atom is -0.375 e. The number of allylic oxidation sites excluding steroid dienone is 8. The number of aryl methyl sites for hydroxylation is 1. The number of nitrogens with zero attached hydrogens (tertiary/aromatic N) is 1. The molecule has 2 heteroatoms. The summed E-state index contributed by atoms with van der Waals surface area (Å²) in [5.74, 6) is 0. The molecule has 0 saturated heterocycles. The molecule has 0 amide bonds. The molecule has 0 fully saturated rings.